The summed E-state index contributed by atoms with van der Waals surface area (Å²) in [6.07, 6.45) is 2.06. The summed E-state index contributed by atoms with van der Waals surface area (Å²) < 4.78 is 5.61. The highest BCUT2D eigenvalue weighted by Crippen LogP contribution is 2.44. The van der Waals surface area contributed by atoms with Gasteiger partial charge in [0.15, 0.2) is 0 Å². The van der Waals surface area contributed by atoms with E-state index < -0.39 is 24.1 Å². The van der Waals surface area contributed by atoms with Crippen molar-refractivity contribution in [2.45, 2.75) is 57.0 Å². The number of benzene rings is 2. The van der Waals surface area contributed by atoms with Crippen LogP contribution in [0.15, 0.2) is 48.5 Å². The van der Waals surface area contributed by atoms with Crippen molar-refractivity contribution >= 4 is 18.0 Å². The van der Waals surface area contributed by atoms with Gasteiger partial charge in [-0.1, -0.05) is 61.9 Å². The molecule has 1 aliphatic carbocycles. The van der Waals surface area contributed by atoms with Crippen molar-refractivity contribution in [1.29, 1.82) is 0 Å². The van der Waals surface area contributed by atoms with Gasteiger partial charge in [-0.2, -0.15) is 0 Å². The smallest absolute Gasteiger partial charge is 0.407 e. The molecule has 1 unspecified atom stereocenters. The van der Waals surface area contributed by atoms with Crippen LogP contribution in [0.3, 0.4) is 0 Å². The average Bonchev–Trinajstić information content (AvgIpc) is 3.42. The highest BCUT2D eigenvalue weighted by molar-refractivity contribution is 5.85. The second kappa shape index (κ2) is 10.1. The van der Waals surface area contributed by atoms with Crippen molar-refractivity contribution < 1.29 is 24.2 Å². The van der Waals surface area contributed by atoms with Crippen LogP contribution in [0.4, 0.5) is 4.79 Å². The van der Waals surface area contributed by atoms with E-state index in [1.54, 1.807) is 0 Å². The number of fused-ring (bicyclic) bond motifs is 3. The molecule has 0 saturated carbocycles. The number of alkyl carbamates (subject to hydrolysis) is 1. The molecule has 1 aliphatic heterocycles. The van der Waals surface area contributed by atoms with Crippen LogP contribution >= 0.6 is 0 Å². The molecule has 2 aliphatic rings. The zero-order chi connectivity index (χ0) is 23.4. The Morgan fingerprint density at radius 2 is 1.73 bits per heavy atom. The topological polar surface area (TPSA) is 95.9 Å². The molecule has 4 rings (SSSR count). The number of carboxylic acids is 1. The van der Waals surface area contributed by atoms with Crippen LogP contribution in [0, 0.1) is 0 Å². The Kier molecular flexibility index (Phi) is 6.96. The second-order valence-electron chi connectivity index (χ2n) is 8.74. The molecule has 7 heteroatoms. The molecule has 2 atom stereocenters. The normalized spacial score (nSPS) is 17.8. The van der Waals surface area contributed by atoms with Gasteiger partial charge in [0, 0.05) is 24.9 Å². The molecule has 2 aromatic rings. The highest BCUT2D eigenvalue weighted by atomic mass is 16.5. The van der Waals surface area contributed by atoms with E-state index in [9.17, 15) is 19.5 Å². The number of carbonyl (C=O) groups is 3. The van der Waals surface area contributed by atoms with Gasteiger partial charge in [-0.3, -0.25) is 4.79 Å². The quantitative estimate of drug-likeness (QED) is 0.630. The first-order valence-corrected chi connectivity index (χ1v) is 11.6. The van der Waals surface area contributed by atoms with Crippen LogP contribution in [0.2, 0.25) is 0 Å². The lowest BCUT2D eigenvalue weighted by Gasteiger charge is -2.25. The minimum absolute atomic E-state index is 0.0321. The van der Waals surface area contributed by atoms with E-state index in [-0.39, 0.29) is 24.9 Å². The molecule has 2 aromatic carbocycles. The SMILES string of the molecule is CCCC(CC(=O)N1CCC[C@@H]1C(=O)O)NC(=O)OCC1c2ccccc2-c2ccccc21. The van der Waals surface area contributed by atoms with E-state index in [0.29, 0.717) is 25.8 Å². The van der Waals surface area contributed by atoms with Gasteiger partial charge in [-0.05, 0) is 41.5 Å². The largest absolute Gasteiger partial charge is 0.480 e. The van der Waals surface area contributed by atoms with Crippen molar-refractivity contribution in [2.75, 3.05) is 13.2 Å². The zero-order valence-electron chi connectivity index (χ0n) is 18.8. The number of hydrogen-bond acceptors (Lipinski definition) is 4. The Labute approximate surface area is 193 Å². The highest BCUT2D eigenvalue weighted by Gasteiger charge is 2.35. The van der Waals surface area contributed by atoms with Gasteiger partial charge in [0.1, 0.15) is 12.6 Å². The van der Waals surface area contributed by atoms with Crippen LogP contribution in [0.5, 0.6) is 0 Å². The lowest BCUT2D eigenvalue weighted by Crippen LogP contribution is -2.44. The summed E-state index contributed by atoms with van der Waals surface area (Å²) in [7, 11) is 0. The molecular formula is C26H30N2O5. The molecule has 174 valence electrons. The van der Waals surface area contributed by atoms with Crippen LogP contribution < -0.4 is 5.32 Å². The molecular weight excluding hydrogens is 420 g/mol. The number of aliphatic carboxylic acids is 1. The van der Waals surface area contributed by atoms with Crippen molar-refractivity contribution in [1.82, 2.24) is 10.2 Å². The molecule has 7 nitrogen and oxygen atoms in total. The lowest BCUT2D eigenvalue weighted by molar-refractivity contribution is -0.148. The van der Waals surface area contributed by atoms with E-state index in [1.807, 2.05) is 31.2 Å². The monoisotopic (exact) mass is 450 g/mol. The fraction of sp³-hybridized carbons (Fsp3) is 0.423. The Hall–Kier alpha value is -3.35. The average molecular weight is 451 g/mol. The number of amides is 2. The molecule has 1 saturated heterocycles. The first-order chi connectivity index (χ1) is 16.0. The number of ether oxygens (including phenoxy) is 1. The van der Waals surface area contributed by atoms with Crippen molar-refractivity contribution in [2.24, 2.45) is 0 Å². The molecule has 1 fully saturated rings. The summed E-state index contributed by atoms with van der Waals surface area (Å²) >= 11 is 0. The predicted octanol–water partition coefficient (Wildman–Crippen LogP) is 4.16. The van der Waals surface area contributed by atoms with Crippen LogP contribution in [0.1, 0.15) is 56.1 Å². The third kappa shape index (κ3) is 4.87. The maximum atomic E-state index is 12.7. The summed E-state index contributed by atoms with van der Waals surface area (Å²) in [5, 5.41) is 12.2. The third-order valence-corrected chi connectivity index (χ3v) is 6.58. The van der Waals surface area contributed by atoms with E-state index in [2.05, 4.69) is 29.6 Å². The van der Waals surface area contributed by atoms with E-state index in [0.717, 1.165) is 28.7 Å². The zero-order valence-corrected chi connectivity index (χ0v) is 18.8. The van der Waals surface area contributed by atoms with Crippen molar-refractivity contribution in [3.8, 4) is 11.1 Å². The molecule has 0 radical (unpaired) electrons. The summed E-state index contributed by atoms with van der Waals surface area (Å²) in [5.41, 5.74) is 4.60. The Balaban J connectivity index is 1.37. The molecule has 0 spiro atoms. The third-order valence-electron chi connectivity index (χ3n) is 6.58. The molecule has 1 heterocycles. The van der Waals surface area contributed by atoms with Crippen LogP contribution in [-0.4, -0.2) is 53.2 Å². The van der Waals surface area contributed by atoms with Gasteiger partial charge >= 0.3 is 12.1 Å². The van der Waals surface area contributed by atoms with Crippen molar-refractivity contribution in [3.63, 3.8) is 0 Å². The van der Waals surface area contributed by atoms with E-state index in [4.69, 9.17) is 4.74 Å². The molecule has 0 aromatic heterocycles. The predicted molar refractivity (Wildman–Crippen MR) is 124 cm³/mol. The summed E-state index contributed by atoms with van der Waals surface area (Å²) in [6, 6.07) is 15.1. The fourth-order valence-corrected chi connectivity index (χ4v) is 5.03. The van der Waals surface area contributed by atoms with Gasteiger partial charge in [0.2, 0.25) is 5.91 Å². The minimum Gasteiger partial charge on any atom is -0.480 e. The second-order valence-corrected chi connectivity index (χ2v) is 8.74. The molecule has 0 bridgehead atoms. The van der Waals surface area contributed by atoms with Gasteiger partial charge in [0.25, 0.3) is 0 Å². The van der Waals surface area contributed by atoms with Crippen LogP contribution in [0.25, 0.3) is 11.1 Å². The maximum absolute atomic E-state index is 12.7. The number of carboxylic acid groups (broad SMARTS) is 1. The number of hydrogen-bond donors (Lipinski definition) is 2. The Bertz CT molecular complexity index is 991. The fourth-order valence-electron chi connectivity index (χ4n) is 5.03. The van der Waals surface area contributed by atoms with E-state index >= 15 is 0 Å². The van der Waals surface area contributed by atoms with Gasteiger partial charge < -0.3 is 20.1 Å². The lowest BCUT2D eigenvalue weighted by atomic mass is 9.98. The Morgan fingerprint density at radius 1 is 1.09 bits per heavy atom. The van der Waals surface area contributed by atoms with Crippen molar-refractivity contribution in [3.05, 3.63) is 59.7 Å². The molecule has 2 amide bonds. The number of rotatable bonds is 8. The molecule has 2 N–H and O–H groups in total. The molecule has 33 heavy (non-hydrogen) atoms. The first-order valence-electron chi connectivity index (χ1n) is 11.6. The summed E-state index contributed by atoms with van der Waals surface area (Å²) in [4.78, 5) is 38.2. The van der Waals surface area contributed by atoms with Gasteiger partial charge in [0.05, 0.1) is 0 Å². The van der Waals surface area contributed by atoms with E-state index in [1.165, 1.54) is 4.90 Å². The summed E-state index contributed by atoms with van der Waals surface area (Å²) in [5.74, 6) is -1.25. The summed E-state index contributed by atoms with van der Waals surface area (Å²) in [6.45, 7) is 2.63. The van der Waals surface area contributed by atoms with Gasteiger partial charge in [-0.15, -0.1) is 0 Å². The Morgan fingerprint density at radius 3 is 2.33 bits per heavy atom. The van der Waals surface area contributed by atoms with Crippen LogP contribution in [-0.2, 0) is 14.3 Å². The standard InChI is InChI=1S/C26H30N2O5/c1-2-8-17(15-24(29)28-14-7-13-23(28)25(30)31)27-26(32)33-16-22-20-11-5-3-9-18(20)19-10-4-6-12-21(19)22/h3-6,9-12,17,22-23H,2,7-8,13-16H2,1H3,(H,27,32)(H,30,31)/t17?,23-/m1/s1. The number of carbonyl (C=O) groups excluding carboxylic acids is 2. The van der Waals surface area contributed by atoms with Gasteiger partial charge in [-0.25, -0.2) is 9.59 Å². The number of nitrogens with one attached hydrogen (secondary N) is 1. The number of nitrogens with zero attached hydrogens (tertiary/aromatic N) is 1. The first kappa shape index (κ1) is 22.8. The minimum atomic E-state index is -0.975. The maximum Gasteiger partial charge on any atom is 0.407 e. The number of likely N-dealkylation sites (tertiary alicyclic amines) is 1.